The van der Waals surface area contributed by atoms with Crippen LogP contribution in [0, 0.1) is 11.6 Å². The van der Waals surface area contributed by atoms with Crippen LogP contribution in [0.5, 0.6) is 0 Å². The van der Waals surface area contributed by atoms with Crippen molar-refractivity contribution < 1.29 is 18.7 Å². The summed E-state index contributed by atoms with van der Waals surface area (Å²) in [7, 11) is 0. The zero-order valence-electron chi connectivity index (χ0n) is 11.6. The van der Waals surface area contributed by atoms with Gasteiger partial charge in [-0.1, -0.05) is 30.3 Å². The Kier molecular flexibility index (Phi) is 5.91. The summed E-state index contributed by atoms with van der Waals surface area (Å²) in [5.74, 6) is -1.24. The number of hydrogen-bond acceptors (Lipinski definition) is 3. The maximum absolute atomic E-state index is 13.5. The van der Waals surface area contributed by atoms with Gasteiger partial charge in [-0.3, -0.25) is 4.79 Å². The number of nitrogens with one attached hydrogen (secondary N) is 1. The van der Waals surface area contributed by atoms with Crippen LogP contribution >= 0.6 is 11.8 Å². The van der Waals surface area contributed by atoms with Crippen molar-refractivity contribution in [2.24, 2.45) is 0 Å². The molecule has 0 radical (unpaired) electrons. The third kappa shape index (κ3) is 4.54. The van der Waals surface area contributed by atoms with E-state index in [9.17, 15) is 18.7 Å². The third-order valence-corrected chi connectivity index (χ3v) is 4.00. The third-order valence-electron chi connectivity index (χ3n) is 2.95. The first kappa shape index (κ1) is 16.5. The predicted molar refractivity (Wildman–Crippen MR) is 81.5 cm³/mol. The second-order valence-corrected chi connectivity index (χ2v) is 5.58. The van der Waals surface area contributed by atoms with Crippen molar-refractivity contribution in [1.82, 2.24) is 5.32 Å². The van der Waals surface area contributed by atoms with E-state index < -0.39 is 11.9 Å². The molecule has 0 aromatic heterocycles. The summed E-state index contributed by atoms with van der Waals surface area (Å²) >= 11 is 1.06. The second-order valence-electron chi connectivity index (χ2n) is 4.56. The topological polar surface area (TPSA) is 49.3 Å². The van der Waals surface area contributed by atoms with Gasteiger partial charge < -0.3 is 10.4 Å². The molecule has 22 heavy (non-hydrogen) atoms. The molecule has 0 bridgehead atoms. The molecule has 0 spiro atoms. The predicted octanol–water partition coefficient (Wildman–Crippen LogP) is 2.91. The van der Waals surface area contributed by atoms with Crippen LogP contribution in [0.4, 0.5) is 8.78 Å². The van der Waals surface area contributed by atoms with Crippen LogP contribution in [0.25, 0.3) is 0 Å². The highest BCUT2D eigenvalue weighted by atomic mass is 32.2. The Morgan fingerprint density at radius 2 is 1.73 bits per heavy atom. The number of carbonyl (C=O) groups excluding carboxylic acids is 1. The second kappa shape index (κ2) is 7.91. The minimum absolute atomic E-state index is 0.0188. The van der Waals surface area contributed by atoms with Crippen molar-refractivity contribution >= 4 is 17.7 Å². The van der Waals surface area contributed by atoms with E-state index in [1.807, 2.05) is 0 Å². The first-order valence-corrected chi connectivity index (χ1v) is 7.63. The Hall–Kier alpha value is -1.92. The van der Waals surface area contributed by atoms with Gasteiger partial charge in [0.25, 0.3) is 0 Å². The number of halogens is 2. The molecule has 6 heteroatoms. The van der Waals surface area contributed by atoms with Gasteiger partial charge in [0, 0.05) is 17.0 Å². The fourth-order valence-corrected chi connectivity index (χ4v) is 2.59. The van der Waals surface area contributed by atoms with E-state index in [2.05, 4.69) is 5.32 Å². The molecular weight excluding hydrogens is 308 g/mol. The van der Waals surface area contributed by atoms with Crippen molar-refractivity contribution in [3.63, 3.8) is 0 Å². The highest BCUT2D eigenvalue weighted by Crippen LogP contribution is 2.21. The van der Waals surface area contributed by atoms with Crippen LogP contribution in [-0.4, -0.2) is 23.3 Å². The molecule has 3 nitrogen and oxygen atoms in total. The molecule has 2 N–H and O–H groups in total. The van der Waals surface area contributed by atoms with Crippen molar-refractivity contribution in [3.8, 4) is 0 Å². The Balaban J connectivity index is 1.81. The molecule has 1 amide bonds. The fourth-order valence-electron chi connectivity index (χ4n) is 1.82. The van der Waals surface area contributed by atoms with Gasteiger partial charge in [0.15, 0.2) is 0 Å². The highest BCUT2D eigenvalue weighted by Gasteiger charge is 2.13. The Bertz CT molecular complexity index is 652. The van der Waals surface area contributed by atoms with Gasteiger partial charge in [-0.05, 0) is 18.2 Å². The van der Waals surface area contributed by atoms with Crippen LogP contribution in [0.2, 0.25) is 0 Å². The molecule has 1 atom stereocenters. The Morgan fingerprint density at radius 3 is 2.41 bits per heavy atom. The van der Waals surface area contributed by atoms with Gasteiger partial charge in [-0.15, -0.1) is 11.8 Å². The lowest BCUT2D eigenvalue weighted by atomic mass is 10.1. The van der Waals surface area contributed by atoms with Gasteiger partial charge in [0.2, 0.25) is 5.91 Å². The SMILES string of the molecule is O=C(CSc1ccccc1F)NCC(O)c1ccccc1F. The molecule has 1 unspecified atom stereocenters. The molecule has 0 heterocycles. The van der Waals surface area contributed by atoms with Gasteiger partial charge in [0.1, 0.15) is 11.6 Å². The Morgan fingerprint density at radius 1 is 1.09 bits per heavy atom. The quantitative estimate of drug-likeness (QED) is 0.804. The van der Waals surface area contributed by atoms with Crippen LogP contribution in [0.15, 0.2) is 53.4 Å². The number of amides is 1. The monoisotopic (exact) mass is 323 g/mol. The van der Waals surface area contributed by atoms with Crippen LogP contribution in [-0.2, 0) is 4.79 Å². The molecule has 0 aliphatic rings. The Labute approximate surface area is 131 Å². The number of thioether (sulfide) groups is 1. The standard InChI is InChI=1S/C16H15F2NO2S/c17-12-6-2-1-5-11(12)14(20)9-19-16(21)10-22-15-8-4-3-7-13(15)18/h1-8,14,20H,9-10H2,(H,19,21). The van der Waals surface area contributed by atoms with Crippen molar-refractivity contribution in [2.45, 2.75) is 11.0 Å². The van der Waals surface area contributed by atoms with E-state index in [1.165, 1.54) is 24.3 Å². The normalized spacial score (nSPS) is 12.0. The van der Waals surface area contributed by atoms with Gasteiger partial charge >= 0.3 is 0 Å². The average molecular weight is 323 g/mol. The van der Waals surface area contributed by atoms with Crippen LogP contribution in [0.1, 0.15) is 11.7 Å². The number of hydrogen-bond donors (Lipinski definition) is 2. The summed E-state index contributed by atoms with van der Waals surface area (Å²) in [4.78, 5) is 12.1. The van der Waals surface area contributed by atoms with E-state index >= 15 is 0 Å². The molecule has 2 aromatic rings. The molecule has 0 saturated heterocycles. The lowest BCUT2D eigenvalue weighted by molar-refractivity contribution is -0.119. The minimum atomic E-state index is -1.12. The highest BCUT2D eigenvalue weighted by molar-refractivity contribution is 8.00. The molecule has 2 rings (SSSR count). The first-order chi connectivity index (χ1) is 10.6. The maximum atomic E-state index is 13.5. The van der Waals surface area contributed by atoms with E-state index in [-0.39, 0.29) is 29.6 Å². The summed E-state index contributed by atoms with van der Waals surface area (Å²) in [6, 6.07) is 12.0. The first-order valence-electron chi connectivity index (χ1n) is 6.64. The zero-order chi connectivity index (χ0) is 15.9. The minimum Gasteiger partial charge on any atom is -0.386 e. The summed E-state index contributed by atoms with van der Waals surface area (Å²) in [5.41, 5.74) is 0.129. The summed E-state index contributed by atoms with van der Waals surface area (Å²) < 4.78 is 26.8. The van der Waals surface area contributed by atoms with E-state index in [4.69, 9.17) is 0 Å². The van der Waals surface area contributed by atoms with Gasteiger partial charge in [-0.25, -0.2) is 8.78 Å². The molecule has 116 valence electrons. The fraction of sp³-hybridized carbons (Fsp3) is 0.188. The van der Waals surface area contributed by atoms with E-state index in [1.54, 1.807) is 24.3 Å². The van der Waals surface area contributed by atoms with Crippen molar-refractivity contribution in [2.75, 3.05) is 12.3 Å². The van der Waals surface area contributed by atoms with Gasteiger partial charge in [0.05, 0.1) is 11.9 Å². The molecule has 2 aromatic carbocycles. The molecule has 0 fully saturated rings. The summed E-state index contributed by atoms with van der Waals surface area (Å²) in [5, 5.41) is 12.4. The smallest absolute Gasteiger partial charge is 0.230 e. The van der Waals surface area contributed by atoms with Crippen molar-refractivity contribution in [1.29, 1.82) is 0 Å². The van der Waals surface area contributed by atoms with E-state index in [0.717, 1.165) is 11.8 Å². The zero-order valence-corrected chi connectivity index (χ0v) is 12.4. The van der Waals surface area contributed by atoms with Crippen molar-refractivity contribution in [3.05, 3.63) is 65.7 Å². The molecule has 0 aliphatic carbocycles. The lowest BCUT2D eigenvalue weighted by Gasteiger charge is -2.13. The number of benzene rings is 2. The van der Waals surface area contributed by atoms with E-state index in [0.29, 0.717) is 4.90 Å². The van der Waals surface area contributed by atoms with Crippen LogP contribution < -0.4 is 5.32 Å². The number of carbonyl (C=O) groups is 1. The summed E-state index contributed by atoms with van der Waals surface area (Å²) in [6.07, 6.45) is -1.12. The van der Waals surface area contributed by atoms with Crippen LogP contribution in [0.3, 0.4) is 0 Å². The number of aliphatic hydroxyl groups excluding tert-OH is 1. The largest absolute Gasteiger partial charge is 0.386 e. The number of rotatable bonds is 6. The molecule has 0 aliphatic heterocycles. The molecule has 0 saturated carbocycles. The number of aliphatic hydroxyl groups is 1. The molecular formula is C16H15F2NO2S. The lowest BCUT2D eigenvalue weighted by Crippen LogP contribution is -2.30. The van der Waals surface area contributed by atoms with Gasteiger partial charge in [-0.2, -0.15) is 0 Å². The maximum Gasteiger partial charge on any atom is 0.230 e. The average Bonchev–Trinajstić information content (AvgIpc) is 2.52. The summed E-state index contributed by atoms with van der Waals surface area (Å²) in [6.45, 7) is -0.0996.